The lowest BCUT2D eigenvalue weighted by atomic mass is 10.3. The molecule has 15 heavy (non-hydrogen) atoms. The quantitative estimate of drug-likeness (QED) is 0.563. The van der Waals surface area contributed by atoms with E-state index in [2.05, 4.69) is 4.98 Å². The van der Waals surface area contributed by atoms with Crippen LogP contribution in [0.15, 0.2) is 18.3 Å². The van der Waals surface area contributed by atoms with Crippen LogP contribution in [-0.2, 0) is 4.74 Å². The summed E-state index contributed by atoms with van der Waals surface area (Å²) in [5.41, 5.74) is 0.221. The Hall–Kier alpha value is -1.45. The number of aromatic nitrogens is 1. The molecule has 2 rings (SSSR count). The molecule has 1 aromatic rings. The Morgan fingerprint density at radius 3 is 3.07 bits per heavy atom. The smallest absolute Gasteiger partial charge is 0.338 e. The number of halogens is 1. The minimum Gasteiger partial charge on any atom is -0.462 e. The van der Waals surface area contributed by atoms with Crippen LogP contribution in [0.3, 0.4) is 0 Å². The van der Waals surface area contributed by atoms with Gasteiger partial charge in [0.05, 0.1) is 12.2 Å². The monoisotopic (exact) mass is 209 g/mol. The van der Waals surface area contributed by atoms with Gasteiger partial charge in [-0.25, -0.2) is 9.78 Å². The fourth-order valence-electron chi connectivity index (χ4n) is 1.34. The molecule has 0 N–H and O–H groups in total. The van der Waals surface area contributed by atoms with Crippen molar-refractivity contribution in [3.63, 3.8) is 0 Å². The zero-order valence-electron chi connectivity index (χ0n) is 8.28. The molecule has 0 amide bonds. The van der Waals surface area contributed by atoms with Crippen LogP contribution >= 0.6 is 0 Å². The minimum absolute atomic E-state index is 0.221. The van der Waals surface area contributed by atoms with Gasteiger partial charge in [0.15, 0.2) is 0 Å². The van der Waals surface area contributed by atoms with Crippen molar-refractivity contribution in [3.05, 3.63) is 29.8 Å². The van der Waals surface area contributed by atoms with E-state index >= 15 is 0 Å². The Morgan fingerprint density at radius 1 is 1.60 bits per heavy atom. The number of carbonyl (C=O) groups excluding carboxylic acids is 1. The summed E-state index contributed by atoms with van der Waals surface area (Å²) in [6.07, 6.45) is 4.65. The lowest BCUT2D eigenvalue weighted by molar-refractivity contribution is 0.0494. The van der Waals surface area contributed by atoms with E-state index in [1.165, 1.54) is 25.1 Å². The molecule has 0 unspecified atom stereocenters. The van der Waals surface area contributed by atoms with Gasteiger partial charge < -0.3 is 4.74 Å². The summed E-state index contributed by atoms with van der Waals surface area (Å²) in [6, 6.07) is 2.53. The number of hydrogen-bond acceptors (Lipinski definition) is 3. The summed E-state index contributed by atoms with van der Waals surface area (Å²) in [6.45, 7) is 0.424. The van der Waals surface area contributed by atoms with Gasteiger partial charge in [0.2, 0.25) is 5.95 Å². The molecule has 1 aliphatic rings. The normalized spacial score (nSPS) is 15.0. The Balaban J connectivity index is 1.83. The molecule has 0 spiro atoms. The molecule has 1 saturated carbocycles. The van der Waals surface area contributed by atoms with Crippen LogP contribution in [0.2, 0.25) is 0 Å². The predicted octanol–water partition coefficient (Wildman–Crippen LogP) is 2.18. The Morgan fingerprint density at radius 2 is 2.40 bits per heavy atom. The Kier molecular flexibility index (Phi) is 2.94. The number of hydrogen-bond donors (Lipinski definition) is 0. The van der Waals surface area contributed by atoms with Gasteiger partial charge in [-0.15, -0.1) is 0 Å². The molecule has 1 aromatic heterocycles. The minimum atomic E-state index is -0.661. The highest BCUT2D eigenvalue weighted by Crippen LogP contribution is 2.32. The van der Waals surface area contributed by atoms with Crippen LogP contribution in [0.4, 0.5) is 4.39 Å². The number of rotatable bonds is 4. The summed E-state index contributed by atoms with van der Waals surface area (Å²) < 4.78 is 17.7. The van der Waals surface area contributed by atoms with E-state index in [4.69, 9.17) is 4.74 Å². The van der Waals surface area contributed by atoms with Gasteiger partial charge in [0.25, 0.3) is 0 Å². The summed E-state index contributed by atoms with van der Waals surface area (Å²) in [4.78, 5) is 14.7. The standard InChI is InChI=1S/C11H12FNO2/c12-10-7-9(3-5-13-10)11(14)15-6-4-8-1-2-8/h3,5,7-8H,1-2,4,6H2. The van der Waals surface area contributed by atoms with Crippen molar-refractivity contribution >= 4 is 5.97 Å². The van der Waals surface area contributed by atoms with Crippen molar-refractivity contribution in [2.75, 3.05) is 6.61 Å². The van der Waals surface area contributed by atoms with Crippen LogP contribution in [0.1, 0.15) is 29.6 Å². The molecule has 0 saturated heterocycles. The van der Waals surface area contributed by atoms with Crippen molar-refractivity contribution in [2.45, 2.75) is 19.3 Å². The first-order valence-electron chi connectivity index (χ1n) is 5.04. The van der Waals surface area contributed by atoms with E-state index in [0.717, 1.165) is 18.4 Å². The van der Waals surface area contributed by atoms with Crippen LogP contribution in [0, 0.1) is 11.9 Å². The molecule has 0 bridgehead atoms. The number of pyridine rings is 1. The van der Waals surface area contributed by atoms with E-state index in [-0.39, 0.29) is 5.56 Å². The van der Waals surface area contributed by atoms with Gasteiger partial charge in [0, 0.05) is 12.3 Å². The molecule has 1 fully saturated rings. The number of carbonyl (C=O) groups is 1. The van der Waals surface area contributed by atoms with Gasteiger partial charge in [0.1, 0.15) is 0 Å². The second-order valence-corrected chi connectivity index (χ2v) is 3.74. The number of nitrogens with zero attached hydrogens (tertiary/aromatic N) is 1. The van der Waals surface area contributed by atoms with Gasteiger partial charge in [-0.3, -0.25) is 0 Å². The van der Waals surface area contributed by atoms with E-state index in [9.17, 15) is 9.18 Å². The largest absolute Gasteiger partial charge is 0.462 e. The van der Waals surface area contributed by atoms with Crippen LogP contribution in [-0.4, -0.2) is 17.6 Å². The third-order valence-electron chi connectivity index (χ3n) is 2.42. The Labute approximate surface area is 87.3 Å². The lowest BCUT2D eigenvalue weighted by Gasteiger charge is -2.03. The van der Waals surface area contributed by atoms with Crippen molar-refractivity contribution < 1.29 is 13.9 Å². The second-order valence-electron chi connectivity index (χ2n) is 3.74. The maximum absolute atomic E-state index is 12.7. The molecular weight excluding hydrogens is 197 g/mol. The fourth-order valence-corrected chi connectivity index (χ4v) is 1.34. The third kappa shape index (κ3) is 3.01. The zero-order valence-corrected chi connectivity index (χ0v) is 8.28. The first-order valence-corrected chi connectivity index (χ1v) is 5.04. The van der Waals surface area contributed by atoms with E-state index in [1.54, 1.807) is 0 Å². The topological polar surface area (TPSA) is 39.2 Å². The van der Waals surface area contributed by atoms with Crippen LogP contribution in [0.5, 0.6) is 0 Å². The van der Waals surface area contributed by atoms with Gasteiger partial charge in [-0.1, -0.05) is 12.8 Å². The molecule has 80 valence electrons. The number of esters is 1. The van der Waals surface area contributed by atoms with Gasteiger partial charge in [-0.2, -0.15) is 4.39 Å². The van der Waals surface area contributed by atoms with Crippen molar-refractivity contribution in [3.8, 4) is 0 Å². The molecule has 1 heterocycles. The molecule has 3 nitrogen and oxygen atoms in total. The second kappa shape index (κ2) is 4.38. The molecule has 0 atom stereocenters. The zero-order chi connectivity index (χ0) is 10.7. The van der Waals surface area contributed by atoms with Crippen LogP contribution in [0.25, 0.3) is 0 Å². The van der Waals surface area contributed by atoms with Crippen LogP contribution < -0.4 is 0 Å². The van der Waals surface area contributed by atoms with Gasteiger partial charge in [-0.05, 0) is 18.4 Å². The average Bonchev–Trinajstić information content (AvgIpc) is 3.01. The van der Waals surface area contributed by atoms with E-state index in [1.807, 2.05) is 0 Å². The fraction of sp³-hybridized carbons (Fsp3) is 0.455. The SMILES string of the molecule is O=C(OCCC1CC1)c1ccnc(F)c1. The summed E-state index contributed by atoms with van der Waals surface area (Å²) >= 11 is 0. The summed E-state index contributed by atoms with van der Waals surface area (Å²) in [7, 11) is 0. The Bertz CT molecular complexity index is 363. The third-order valence-corrected chi connectivity index (χ3v) is 2.42. The molecule has 0 radical (unpaired) electrons. The first-order chi connectivity index (χ1) is 7.25. The highest BCUT2D eigenvalue weighted by molar-refractivity contribution is 5.89. The van der Waals surface area contributed by atoms with Crippen molar-refractivity contribution in [1.29, 1.82) is 0 Å². The summed E-state index contributed by atoms with van der Waals surface area (Å²) in [5, 5.41) is 0. The molecule has 0 aliphatic heterocycles. The maximum Gasteiger partial charge on any atom is 0.338 e. The lowest BCUT2D eigenvalue weighted by Crippen LogP contribution is -2.07. The predicted molar refractivity (Wildman–Crippen MR) is 51.8 cm³/mol. The molecule has 0 aromatic carbocycles. The highest BCUT2D eigenvalue weighted by Gasteiger charge is 2.21. The highest BCUT2D eigenvalue weighted by atomic mass is 19.1. The van der Waals surface area contributed by atoms with Gasteiger partial charge >= 0.3 is 5.97 Å². The molecule has 1 aliphatic carbocycles. The molecular formula is C11H12FNO2. The average molecular weight is 209 g/mol. The van der Waals surface area contributed by atoms with Crippen molar-refractivity contribution in [2.24, 2.45) is 5.92 Å². The van der Waals surface area contributed by atoms with Crippen molar-refractivity contribution in [1.82, 2.24) is 4.98 Å². The van der Waals surface area contributed by atoms with E-state index < -0.39 is 11.9 Å². The number of ether oxygens (including phenoxy) is 1. The summed E-state index contributed by atoms with van der Waals surface area (Å²) in [5.74, 6) is -0.407. The molecule has 4 heteroatoms. The van der Waals surface area contributed by atoms with E-state index in [0.29, 0.717) is 6.61 Å². The maximum atomic E-state index is 12.7. The first kappa shape index (κ1) is 10.1.